The lowest BCUT2D eigenvalue weighted by atomic mass is 9.96. The topological polar surface area (TPSA) is 86.3 Å². The summed E-state index contributed by atoms with van der Waals surface area (Å²) in [6.45, 7) is 0.0107. The number of hydrogen-bond acceptors (Lipinski definition) is 4. The standard InChI is InChI=1S/C19H13F3N3O3/c20-9-7-12(21)17(13(22)8-9)25-6-4-11(19(27)28)16(25)14-2-1-10-15(26)3-5-23-18(10)24-14/h1-3,5,7-8,16H,4,6H2,(H,27,28)(H,23,24,26). The zero-order valence-corrected chi connectivity index (χ0v) is 14.2. The van der Waals surface area contributed by atoms with Crippen molar-refractivity contribution in [1.29, 1.82) is 0 Å². The van der Waals surface area contributed by atoms with Crippen LogP contribution in [0.3, 0.4) is 0 Å². The quantitative estimate of drug-likeness (QED) is 0.721. The SMILES string of the molecule is O=C(O)[C]1CCN(c2c(F)cc(F)cc2F)C1c1ccc2c(=O)cc[nH]c2n1. The van der Waals surface area contributed by atoms with E-state index in [9.17, 15) is 27.9 Å². The lowest BCUT2D eigenvalue weighted by Crippen LogP contribution is -2.29. The van der Waals surface area contributed by atoms with Gasteiger partial charge in [0.05, 0.1) is 17.1 Å². The molecule has 0 amide bonds. The van der Waals surface area contributed by atoms with Gasteiger partial charge in [-0.15, -0.1) is 0 Å². The minimum atomic E-state index is -1.22. The Morgan fingerprint density at radius 1 is 1.18 bits per heavy atom. The predicted molar refractivity (Wildman–Crippen MR) is 94.3 cm³/mol. The summed E-state index contributed by atoms with van der Waals surface area (Å²) in [6, 6.07) is 4.26. The monoisotopic (exact) mass is 388 g/mol. The van der Waals surface area contributed by atoms with Crippen LogP contribution in [0.1, 0.15) is 18.2 Å². The van der Waals surface area contributed by atoms with Crippen molar-refractivity contribution in [3.8, 4) is 0 Å². The summed E-state index contributed by atoms with van der Waals surface area (Å²) >= 11 is 0. The van der Waals surface area contributed by atoms with Gasteiger partial charge in [-0.25, -0.2) is 18.2 Å². The second-order valence-corrected chi connectivity index (χ2v) is 6.37. The maximum absolute atomic E-state index is 14.3. The van der Waals surface area contributed by atoms with Gasteiger partial charge in [0, 0.05) is 30.9 Å². The van der Waals surface area contributed by atoms with E-state index in [1.54, 1.807) is 0 Å². The Balaban J connectivity index is 1.87. The molecule has 1 radical (unpaired) electrons. The van der Waals surface area contributed by atoms with Gasteiger partial charge in [-0.3, -0.25) is 9.59 Å². The highest BCUT2D eigenvalue weighted by Gasteiger charge is 2.43. The highest BCUT2D eigenvalue weighted by atomic mass is 19.1. The number of benzene rings is 1. The number of nitrogens with one attached hydrogen (secondary N) is 1. The Morgan fingerprint density at radius 3 is 2.57 bits per heavy atom. The number of carboxylic acid groups (broad SMARTS) is 1. The molecule has 3 heterocycles. The van der Waals surface area contributed by atoms with Crippen LogP contribution in [0.15, 0.2) is 41.3 Å². The number of H-pyrrole nitrogens is 1. The number of fused-ring (bicyclic) bond motifs is 1. The van der Waals surface area contributed by atoms with Gasteiger partial charge in [0.2, 0.25) is 0 Å². The first-order chi connectivity index (χ1) is 13.4. The van der Waals surface area contributed by atoms with E-state index in [1.807, 2.05) is 0 Å². The molecule has 1 aromatic carbocycles. The minimum absolute atomic E-state index is 0.00625. The predicted octanol–water partition coefficient (Wildman–Crippen LogP) is 2.95. The highest BCUT2D eigenvalue weighted by molar-refractivity contribution is 5.87. The van der Waals surface area contributed by atoms with Crippen molar-refractivity contribution >= 4 is 22.7 Å². The lowest BCUT2D eigenvalue weighted by molar-refractivity contribution is -0.135. The number of carbonyl (C=O) groups is 1. The molecular formula is C19H13F3N3O3. The zero-order valence-electron chi connectivity index (χ0n) is 14.2. The van der Waals surface area contributed by atoms with Crippen molar-refractivity contribution < 1.29 is 23.1 Å². The molecule has 6 nitrogen and oxygen atoms in total. The molecule has 1 atom stereocenters. The fourth-order valence-electron chi connectivity index (χ4n) is 3.53. The molecule has 4 rings (SSSR count). The fraction of sp³-hybridized carbons (Fsp3) is 0.158. The Bertz CT molecular complexity index is 1120. The number of aromatic amines is 1. The summed E-state index contributed by atoms with van der Waals surface area (Å²) in [5.74, 6) is -4.57. The van der Waals surface area contributed by atoms with Crippen molar-refractivity contribution in [2.24, 2.45) is 0 Å². The average molecular weight is 388 g/mol. The van der Waals surface area contributed by atoms with Gasteiger partial charge in [-0.05, 0) is 18.6 Å². The van der Waals surface area contributed by atoms with Crippen LogP contribution in [0.4, 0.5) is 18.9 Å². The van der Waals surface area contributed by atoms with E-state index < -0.39 is 35.2 Å². The Labute approximate surface area is 156 Å². The van der Waals surface area contributed by atoms with Crippen LogP contribution in [-0.4, -0.2) is 27.6 Å². The summed E-state index contributed by atoms with van der Waals surface area (Å²) in [5.41, 5.74) is -0.366. The van der Waals surface area contributed by atoms with Gasteiger partial charge < -0.3 is 15.0 Å². The van der Waals surface area contributed by atoms with Crippen LogP contribution in [0.5, 0.6) is 0 Å². The molecule has 3 aromatic rings. The van der Waals surface area contributed by atoms with Gasteiger partial charge in [-0.1, -0.05) is 0 Å². The fourth-order valence-corrected chi connectivity index (χ4v) is 3.53. The van der Waals surface area contributed by atoms with Crippen LogP contribution in [0.2, 0.25) is 0 Å². The summed E-state index contributed by atoms with van der Waals surface area (Å²) in [5, 5.41) is 9.85. The number of nitrogens with zero attached hydrogens (tertiary/aromatic N) is 2. The van der Waals surface area contributed by atoms with Crippen LogP contribution in [-0.2, 0) is 4.79 Å². The van der Waals surface area contributed by atoms with Crippen molar-refractivity contribution in [1.82, 2.24) is 9.97 Å². The first kappa shape index (κ1) is 18.0. The number of carboxylic acids is 1. The Morgan fingerprint density at radius 2 is 1.89 bits per heavy atom. The number of rotatable bonds is 3. The van der Waals surface area contributed by atoms with Gasteiger partial charge >= 0.3 is 5.97 Å². The molecule has 1 aliphatic rings. The molecule has 0 aliphatic carbocycles. The molecule has 2 aromatic heterocycles. The Kier molecular flexibility index (Phi) is 4.29. The van der Waals surface area contributed by atoms with Crippen molar-refractivity contribution in [3.63, 3.8) is 0 Å². The van der Waals surface area contributed by atoms with Crippen molar-refractivity contribution in [2.45, 2.75) is 12.5 Å². The van der Waals surface area contributed by atoms with Crippen LogP contribution in [0.25, 0.3) is 11.0 Å². The zero-order chi connectivity index (χ0) is 20.0. The number of anilines is 1. The van der Waals surface area contributed by atoms with Crippen LogP contribution < -0.4 is 10.3 Å². The minimum Gasteiger partial charge on any atom is -0.481 e. The number of aromatic nitrogens is 2. The van der Waals surface area contributed by atoms with E-state index in [1.165, 1.54) is 29.3 Å². The molecule has 1 unspecified atom stereocenters. The van der Waals surface area contributed by atoms with E-state index in [0.29, 0.717) is 17.5 Å². The molecule has 1 aliphatic heterocycles. The first-order valence-electron chi connectivity index (χ1n) is 8.35. The molecule has 143 valence electrons. The average Bonchev–Trinajstić information content (AvgIpc) is 3.05. The third-order valence-corrected chi connectivity index (χ3v) is 4.72. The molecule has 2 N–H and O–H groups in total. The molecule has 1 fully saturated rings. The third-order valence-electron chi connectivity index (χ3n) is 4.72. The second-order valence-electron chi connectivity index (χ2n) is 6.37. The summed E-state index contributed by atoms with van der Waals surface area (Å²) in [4.78, 5) is 31.9. The molecule has 1 saturated heterocycles. The van der Waals surface area contributed by atoms with E-state index in [-0.39, 0.29) is 35.7 Å². The molecule has 9 heteroatoms. The van der Waals surface area contributed by atoms with Crippen molar-refractivity contribution in [2.75, 3.05) is 11.4 Å². The number of aliphatic carboxylic acids is 1. The maximum Gasteiger partial charge on any atom is 0.313 e. The van der Waals surface area contributed by atoms with Crippen LogP contribution >= 0.6 is 0 Å². The second kappa shape index (κ2) is 6.66. The lowest BCUT2D eigenvalue weighted by Gasteiger charge is -2.28. The van der Waals surface area contributed by atoms with Gasteiger partial charge in [0.1, 0.15) is 23.1 Å². The number of pyridine rings is 2. The molecular weight excluding hydrogens is 375 g/mol. The van der Waals surface area contributed by atoms with Crippen molar-refractivity contribution in [3.05, 3.63) is 75.8 Å². The number of halogens is 3. The largest absolute Gasteiger partial charge is 0.481 e. The molecule has 28 heavy (non-hydrogen) atoms. The van der Waals surface area contributed by atoms with E-state index in [2.05, 4.69) is 9.97 Å². The normalized spacial score (nSPS) is 17.4. The summed E-state index contributed by atoms with van der Waals surface area (Å²) in [7, 11) is 0. The molecule has 0 saturated carbocycles. The van der Waals surface area contributed by atoms with E-state index in [4.69, 9.17) is 0 Å². The van der Waals surface area contributed by atoms with E-state index >= 15 is 0 Å². The first-order valence-corrected chi connectivity index (χ1v) is 8.35. The smallest absolute Gasteiger partial charge is 0.313 e. The highest BCUT2D eigenvalue weighted by Crippen LogP contribution is 2.43. The van der Waals surface area contributed by atoms with Crippen LogP contribution in [0, 0.1) is 23.4 Å². The molecule has 0 spiro atoms. The third kappa shape index (κ3) is 2.88. The Hall–Kier alpha value is -3.36. The van der Waals surface area contributed by atoms with Gasteiger partial charge in [0.15, 0.2) is 17.1 Å². The van der Waals surface area contributed by atoms with Gasteiger partial charge in [0.25, 0.3) is 0 Å². The summed E-state index contributed by atoms with van der Waals surface area (Å²) in [6.07, 6.45) is 1.44. The molecule has 0 bridgehead atoms. The maximum atomic E-state index is 14.3. The van der Waals surface area contributed by atoms with Gasteiger partial charge in [-0.2, -0.15) is 0 Å². The number of hydrogen-bond donors (Lipinski definition) is 2. The summed E-state index contributed by atoms with van der Waals surface area (Å²) < 4.78 is 42.0. The van der Waals surface area contributed by atoms with E-state index in [0.717, 1.165) is 0 Å².